The van der Waals surface area contributed by atoms with Crippen molar-refractivity contribution < 1.29 is 23.7 Å². The third-order valence-corrected chi connectivity index (χ3v) is 4.23. The number of aryl methyl sites for hydroxylation is 1. The van der Waals surface area contributed by atoms with Gasteiger partial charge in [0.25, 0.3) is 5.91 Å². The molecular formula is C21H20N4O5. The minimum atomic E-state index is -0.557. The summed E-state index contributed by atoms with van der Waals surface area (Å²) in [5.41, 5.74) is 2.57. The van der Waals surface area contributed by atoms with Crippen LogP contribution in [0.4, 0.5) is 5.69 Å². The predicted octanol–water partition coefficient (Wildman–Crippen LogP) is 2.28. The van der Waals surface area contributed by atoms with Gasteiger partial charge in [0.2, 0.25) is 5.91 Å². The molecule has 0 saturated carbocycles. The molecule has 0 atom stereocenters. The number of amides is 2. The van der Waals surface area contributed by atoms with E-state index in [0.29, 0.717) is 16.9 Å². The van der Waals surface area contributed by atoms with Gasteiger partial charge in [0.1, 0.15) is 5.69 Å². The Morgan fingerprint density at radius 1 is 1.03 bits per heavy atom. The van der Waals surface area contributed by atoms with Crippen LogP contribution in [0.3, 0.4) is 0 Å². The Morgan fingerprint density at radius 2 is 1.80 bits per heavy atom. The summed E-state index contributed by atoms with van der Waals surface area (Å²) in [5, 5.41) is 12.6. The van der Waals surface area contributed by atoms with Gasteiger partial charge in [-0.3, -0.25) is 9.59 Å². The maximum atomic E-state index is 12.4. The molecule has 0 aliphatic rings. The number of carbonyl (C=O) groups excluding carboxylic acids is 3. The predicted molar refractivity (Wildman–Crippen MR) is 107 cm³/mol. The van der Waals surface area contributed by atoms with Crippen LogP contribution < -0.4 is 10.6 Å². The molecule has 0 aliphatic heterocycles. The molecule has 0 radical (unpaired) electrons. The van der Waals surface area contributed by atoms with Gasteiger partial charge in [0, 0.05) is 12.2 Å². The fourth-order valence-electron chi connectivity index (χ4n) is 2.79. The van der Waals surface area contributed by atoms with Crippen molar-refractivity contribution in [1.29, 1.82) is 0 Å². The largest absolute Gasteiger partial charge is 0.465 e. The number of esters is 1. The quantitative estimate of drug-likeness (QED) is 0.575. The van der Waals surface area contributed by atoms with Crippen LogP contribution in [0.2, 0.25) is 0 Å². The van der Waals surface area contributed by atoms with Gasteiger partial charge >= 0.3 is 5.97 Å². The summed E-state index contributed by atoms with van der Waals surface area (Å²) in [6.07, 6.45) is 0.188. The van der Waals surface area contributed by atoms with E-state index in [-0.39, 0.29) is 30.1 Å². The van der Waals surface area contributed by atoms with Gasteiger partial charge in [0.05, 0.1) is 19.1 Å². The van der Waals surface area contributed by atoms with Crippen molar-refractivity contribution in [3.63, 3.8) is 0 Å². The normalized spacial score (nSPS) is 10.3. The minimum absolute atomic E-state index is 0.0792. The number of benzene rings is 2. The summed E-state index contributed by atoms with van der Waals surface area (Å²) >= 11 is 0. The highest BCUT2D eigenvalue weighted by molar-refractivity contribution is 5.96. The number of ether oxygens (including phenoxy) is 1. The van der Waals surface area contributed by atoms with Crippen LogP contribution in [0.1, 0.15) is 37.7 Å². The molecule has 0 spiro atoms. The molecule has 0 fully saturated rings. The van der Waals surface area contributed by atoms with E-state index in [9.17, 15) is 14.4 Å². The number of nitrogens with one attached hydrogen (secondary N) is 2. The van der Waals surface area contributed by atoms with E-state index in [1.54, 1.807) is 19.1 Å². The van der Waals surface area contributed by atoms with Crippen LogP contribution in [0, 0.1) is 6.92 Å². The first-order chi connectivity index (χ1) is 14.5. The lowest BCUT2D eigenvalue weighted by atomic mass is 10.1. The first-order valence-corrected chi connectivity index (χ1v) is 9.09. The Hall–Kier alpha value is -4.01. The molecule has 0 unspecified atom stereocenters. The molecule has 3 aromatic rings. The smallest absolute Gasteiger partial charge is 0.337 e. The number of hydrogen-bond acceptors (Lipinski definition) is 7. The lowest BCUT2D eigenvalue weighted by Crippen LogP contribution is -2.24. The highest BCUT2D eigenvalue weighted by Crippen LogP contribution is 2.17. The van der Waals surface area contributed by atoms with Crippen molar-refractivity contribution in [3.05, 3.63) is 76.6 Å². The standard InChI is InChI=1S/C21H20N4O5/c1-13-19(25-30-24-13)20(27)22-12-15-8-16(21(28)29-2)11-17(9-15)23-18(26)10-14-6-4-3-5-7-14/h3-9,11H,10,12H2,1-2H3,(H,22,27)(H,23,26). The monoisotopic (exact) mass is 408 g/mol. The molecule has 0 bridgehead atoms. The van der Waals surface area contributed by atoms with Crippen LogP contribution in [0.5, 0.6) is 0 Å². The molecular weight excluding hydrogens is 388 g/mol. The summed E-state index contributed by atoms with van der Waals surface area (Å²) in [6.45, 7) is 1.70. The van der Waals surface area contributed by atoms with Crippen molar-refractivity contribution in [1.82, 2.24) is 15.6 Å². The molecule has 2 aromatic carbocycles. The van der Waals surface area contributed by atoms with Crippen molar-refractivity contribution >= 4 is 23.5 Å². The molecule has 3 rings (SSSR count). The van der Waals surface area contributed by atoms with E-state index in [2.05, 4.69) is 25.6 Å². The SMILES string of the molecule is COC(=O)c1cc(CNC(=O)c2nonc2C)cc(NC(=O)Cc2ccccc2)c1. The number of anilines is 1. The molecule has 30 heavy (non-hydrogen) atoms. The number of carbonyl (C=O) groups is 3. The zero-order valence-electron chi connectivity index (χ0n) is 16.5. The first-order valence-electron chi connectivity index (χ1n) is 9.09. The topological polar surface area (TPSA) is 123 Å². The fraction of sp³-hybridized carbons (Fsp3) is 0.190. The van der Waals surface area contributed by atoms with Crippen molar-refractivity contribution in [3.8, 4) is 0 Å². The van der Waals surface area contributed by atoms with Crippen LogP contribution >= 0.6 is 0 Å². The van der Waals surface area contributed by atoms with Gasteiger partial charge < -0.3 is 15.4 Å². The van der Waals surface area contributed by atoms with Crippen LogP contribution in [0.15, 0.2) is 53.2 Å². The van der Waals surface area contributed by atoms with Gasteiger partial charge in [0.15, 0.2) is 5.69 Å². The lowest BCUT2D eigenvalue weighted by Gasteiger charge is -2.11. The van der Waals surface area contributed by atoms with Gasteiger partial charge in [-0.15, -0.1) is 0 Å². The highest BCUT2D eigenvalue weighted by Gasteiger charge is 2.16. The average molecular weight is 408 g/mol. The van der Waals surface area contributed by atoms with Gasteiger partial charge in [-0.05, 0) is 41.4 Å². The number of aromatic nitrogens is 2. The molecule has 154 valence electrons. The highest BCUT2D eigenvalue weighted by atomic mass is 16.6. The number of methoxy groups -OCH3 is 1. The Balaban J connectivity index is 1.74. The summed E-state index contributed by atoms with van der Waals surface area (Å²) < 4.78 is 9.30. The molecule has 9 nitrogen and oxygen atoms in total. The zero-order valence-corrected chi connectivity index (χ0v) is 16.5. The van der Waals surface area contributed by atoms with E-state index in [1.807, 2.05) is 30.3 Å². The van der Waals surface area contributed by atoms with Gasteiger partial charge in [-0.25, -0.2) is 9.42 Å². The summed E-state index contributed by atoms with van der Waals surface area (Å²) in [7, 11) is 1.27. The van der Waals surface area contributed by atoms with Crippen molar-refractivity contribution in [2.24, 2.45) is 0 Å². The Bertz CT molecular complexity index is 1060. The third-order valence-electron chi connectivity index (χ3n) is 4.23. The minimum Gasteiger partial charge on any atom is -0.465 e. The van der Waals surface area contributed by atoms with Crippen LogP contribution in [0.25, 0.3) is 0 Å². The molecule has 1 heterocycles. The number of hydrogen-bond donors (Lipinski definition) is 2. The Labute approximate surface area is 172 Å². The van der Waals surface area contributed by atoms with E-state index >= 15 is 0 Å². The number of nitrogens with zero attached hydrogens (tertiary/aromatic N) is 2. The fourth-order valence-corrected chi connectivity index (χ4v) is 2.79. The third kappa shape index (κ3) is 5.28. The van der Waals surface area contributed by atoms with E-state index < -0.39 is 11.9 Å². The average Bonchev–Trinajstić information content (AvgIpc) is 3.17. The molecule has 1 aromatic heterocycles. The molecule has 9 heteroatoms. The van der Waals surface area contributed by atoms with E-state index in [1.165, 1.54) is 13.2 Å². The van der Waals surface area contributed by atoms with Crippen LogP contribution in [-0.2, 0) is 22.5 Å². The second-order valence-corrected chi connectivity index (χ2v) is 6.50. The van der Waals surface area contributed by atoms with Gasteiger partial charge in [-0.2, -0.15) is 0 Å². The summed E-state index contributed by atoms with van der Waals surface area (Å²) in [4.78, 5) is 36.6. The van der Waals surface area contributed by atoms with Crippen molar-refractivity contribution in [2.45, 2.75) is 19.9 Å². The van der Waals surface area contributed by atoms with Crippen molar-refractivity contribution in [2.75, 3.05) is 12.4 Å². The molecule has 0 aliphatic carbocycles. The first kappa shape index (κ1) is 20.7. The lowest BCUT2D eigenvalue weighted by molar-refractivity contribution is -0.115. The number of rotatable bonds is 7. The summed E-state index contributed by atoms with van der Waals surface area (Å²) in [6, 6.07) is 14.1. The second-order valence-electron chi connectivity index (χ2n) is 6.50. The van der Waals surface area contributed by atoms with E-state index in [4.69, 9.17) is 4.74 Å². The molecule has 0 saturated heterocycles. The van der Waals surface area contributed by atoms with Crippen LogP contribution in [-0.4, -0.2) is 35.2 Å². The van der Waals surface area contributed by atoms with E-state index in [0.717, 1.165) is 5.56 Å². The zero-order chi connectivity index (χ0) is 21.5. The molecule has 2 amide bonds. The maximum absolute atomic E-state index is 12.4. The molecule has 2 N–H and O–H groups in total. The Kier molecular flexibility index (Phi) is 6.53. The Morgan fingerprint density at radius 3 is 2.47 bits per heavy atom. The summed E-state index contributed by atoms with van der Waals surface area (Å²) in [5.74, 6) is -1.26. The second kappa shape index (κ2) is 9.46. The van der Waals surface area contributed by atoms with Gasteiger partial charge in [-0.1, -0.05) is 35.5 Å². The maximum Gasteiger partial charge on any atom is 0.337 e.